The Balaban J connectivity index is 0.00000112. The third kappa shape index (κ3) is 2.86. The van der Waals surface area contributed by atoms with E-state index < -0.39 is 0 Å². The smallest absolute Gasteiger partial charge is 0.0425 e. The molecule has 2 rings (SSSR count). The quantitative estimate of drug-likeness (QED) is 0.871. The van der Waals surface area contributed by atoms with Gasteiger partial charge in [0.25, 0.3) is 0 Å². The highest BCUT2D eigenvalue weighted by Crippen LogP contribution is 2.22. The zero-order valence-electron chi connectivity index (χ0n) is 8.80. The molecular formula is C12H16Cl2N2. The predicted octanol–water partition coefficient (Wildman–Crippen LogP) is 2.64. The van der Waals surface area contributed by atoms with Crippen molar-refractivity contribution >= 4 is 35.6 Å². The van der Waals surface area contributed by atoms with Crippen LogP contribution in [0.1, 0.15) is 11.6 Å². The van der Waals surface area contributed by atoms with Crippen molar-refractivity contribution in [2.75, 3.05) is 6.54 Å². The Labute approximate surface area is 108 Å². The van der Waals surface area contributed by atoms with Crippen LogP contribution in [-0.4, -0.2) is 6.54 Å². The molecule has 2 aromatic rings. The zero-order chi connectivity index (χ0) is 9.97. The molecule has 0 bridgehead atoms. The molecule has 0 aliphatic rings. The van der Waals surface area contributed by atoms with E-state index >= 15 is 0 Å². The van der Waals surface area contributed by atoms with E-state index in [1.54, 1.807) is 0 Å². The van der Waals surface area contributed by atoms with Gasteiger partial charge in [0.2, 0.25) is 0 Å². The molecule has 0 aliphatic carbocycles. The maximum absolute atomic E-state index is 5.94. The molecule has 0 spiro atoms. The van der Waals surface area contributed by atoms with Gasteiger partial charge in [-0.1, -0.05) is 42.5 Å². The van der Waals surface area contributed by atoms with Crippen LogP contribution in [0, 0.1) is 0 Å². The van der Waals surface area contributed by atoms with Crippen molar-refractivity contribution in [2.45, 2.75) is 6.04 Å². The van der Waals surface area contributed by atoms with Crippen LogP contribution in [0.25, 0.3) is 10.8 Å². The molecule has 2 aromatic carbocycles. The molecule has 88 valence electrons. The number of halogens is 2. The fourth-order valence-corrected chi connectivity index (χ4v) is 1.70. The standard InChI is InChI=1S/C12H14N2.2ClH/c13-8-12(14)11-7-3-5-9-4-1-2-6-10(9)11;;/h1-7,12H,8,13-14H2;2*1H. The van der Waals surface area contributed by atoms with Gasteiger partial charge in [0.05, 0.1) is 0 Å². The van der Waals surface area contributed by atoms with E-state index in [1.165, 1.54) is 10.8 Å². The molecule has 0 amide bonds. The lowest BCUT2D eigenvalue weighted by Crippen LogP contribution is -2.20. The molecule has 0 radical (unpaired) electrons. The Kier molecular flexibility index (Phi) is 6.38. The Morgan fingerprint density at radius 3 is 2.25 bits per heavy atom. The molecule has 2 nitrogen and oxygen atoms in total. The van der Waals surface area contributed by atoms with Gasteiger partial charge in [0, 0.05) is 12.6 Å². The highest BCUT2D eigenvalue weighted by Gasteiger charge is 2.06. The highest BCUT2D eigenvalue weighted by atomic mass is 35.5. The molecular weight excluding hydrogens is 243 g/mol. The second-order valence-corrected chi connectivity index (χ2v) is 3.41. The van der Waals surface area contributed by atoms with E-state index in [0.717, 1.165) is 5.56 Å². The van der Waals surface area contributed by atoms with E-state index in [1.807, 2.05) is 24.3 Å². The normalized spacial score (nSPS) is 11.4. The van der Waals surface area contributed by atoms with Crippen molar-refractivity contribution in [3.63, 3.8) is 0 Å². The zero-order valence-corrected chi connectivity index (χ0v) is 10.4. The minimum absolute atomic E-state index is 0. The van der Waals surface area contributed by atoms with Gasteiger partial charge < -0.3 is 11.5 Å². The van der Waals surface area contributed by atoms with Gasteiger partial charge in [-0.2, -0.15) is 0 Å². The number of hydrogen-bond donors (Lipinski definition) is 2. The SMILES string of the molecule is Cl.Cl.NCC(N)c1cccc2ccccc12. The number of benzene rings is 2. The van der Waals surface area contributed by atoms with Crippen LogP contribution < -0.4 is 11.5 Å². The topological polar surface area (TPSA) is 52.0 Å². The van der Waals surface area contributed by atoms with Crippen molar-refractivity contribution < 1.29 is 0 Å². The number of fused-ring (bicyclic) bond motifs is 1. The average Bonchev–Trinajstić information content (AvgIpc) is 2.27. The Morgan fingerprint density at radius 1 is 0.938 bits per heavy atom. The maximum Gasteiger partial charge on any atom is 0.0425 e. The molecule has 4 heteroatoms. The molecule has 1 unspecified atom stereocenters. The van der Waals surface area contributed by atoms with Crippen LogP contribution >= 0.6 is 24.8 Å². The predicted molar refractivity (Wildman–Crippen MR) is 74.4 cm³/mol. The summed E-state index contributed by atoms with van der Waals surface area (Å²) in [7, 11) is 0. The molecule has 0 fully saturated rings. The number of hydrogen-bond acceptors (Lipinski definition) is 2. The fraction of sp³-hybridized carbons (Fsp3) is 0.167. The summed E-state index contributed by atoms with van der Waals surface area (Å²) in [6, 6.07) is 14.3. The average molecular weight is 259 g/mol. The van der Waals surface area contributed by atoms with Crippen LogP contribution in [-0.2, 0) is 0 Å². The fourth-order valence-electron chi connectivity index (χ4n) is 1.70. The first-order chi connectivity index (χ1) is 6.83. The summed E-state index contributed by atoms with van der Waals surface area (Å²) < 4.78 is 0. The van der Waals surface area contributed by atoms with Crippen LogP contribution in [0.3, 0.4) is 0 Å². The molecule has 0 aliphatic heterocycles. The molecule has 1 atom stereocenters. The lowest BCUT2D eigenvalue weighted by Gasteiger charge is -2.12. The lowest BCUT2D eigenvalue weighted by atomic mass is 9.99. The first-order valence-corrected chi connectivity index (χ1v) is 4.76. The first kappa shape index (κ1) is 15.2. The summed E-state index contributed by atoms with van der Waals surface area (Å²) >= 11 is 0. The van der Waals surface area contributed by atoms with Crippen LogP contribution in [0.4, 0.5) is 0 Å². The molecule has 0 heterocycles. The van der Waals surface area contributed by atoms with Gasteiger partial charge in [-0.05, 0) is 16.3 Å². The van der Waals surface area contributed by atoms with E-state index in [-0.39, 0.29) is 30.9 Å². The highest BCUT2D eigenvalue weighted by molar-refractivity contribution is 5.86. The van der Waals surface area contributed by atoms with Gasteiger partial charge in [-0.25, -0.2) is 0 Å². The van der Waals surface area contributed by atoms with E-state index in [9.17, 15) is 0 Å². The van der Waals surface area contributed by atoms with Crippen molar-refractivity contribution in [1.29, 1.82) is 0 Å². The van der Waals surface area contributed by atoms with Crippen LogP contribution in [0.15, 0.2) is 42.5 Å². The van der Waals surface area contributed by atoms with Gasteiger partial charge >= 0.3 is 0 Å². The van der Waals surface area contributed by atoms with E-state index in [2.05, 4.69) is 18.2 Å². The summed E-state index contributed by atoms with van der Waals surface area (Å²) in [4.78, 5) is 0. The third-order valence-electron chi connectivity index (χ3n) is 2.48. The molecule has 0 saturated heterocycles. The van der Waals surface area contributed by atoms with Crippen molar-refractivity contribution in [3.8, 4) is 0 Å². The van der Waals surface area contributed by atoms with Gasteiger partial charge in [0.1, 0.15) is 0 Å². The van der Waals surface area contributed by atoms with Crippen LogP contribution in [0.5, 0.6) is 0 Å². The molecule has 16 heavy (non-hydrogen) atoms. The Bertz CT molecular complexity index is 440. The third-order valence-corrected chi connectivity index (χ3v) is 2.48. The summed E-state index contributed by atoms with van der Waals surface area (Å²) in [5, 5.41) is 2.42. The molecule has 4 N–H and O–H groups in total. The van der Waals surface area contributed by atoms with Crippen molar-refractivity contribution in [3.05, 3.63) is 48.0 Å². The second kappa shape index (κ2) is 6.71. The largest absolute Gasteiger partial charge is 0.329 e. The van der Waals surface area contributed by atoms with Gasteiger partial charge in [-0.15, -0.1) is 24.8 Å². The van der Waals surface area contributed by atoms with Crippen molar-refractivity contribution in [2.24, 2.45) is 11.5 Å². The van der Waals surface area contributed by atoms with Gasteiger partial charge in [-0.3, -0.25) is 0 Å². The first-order valence-electron chi connectivity index (χ1n) is 4.76. The minimum Gasteiger partial charge on any atom is -0.329 e. The number of nitrogens with two attached hydrogens (primary N) is 2. The Morgan fingerprint density at radius 2 is 1.56 bits per heavy atom. The maximum atomic E-state index is 5.94. The lowest BCUT2D eigenvalue weighted by molar-refractivity contribution is 0.743. The second-order valence-electron chi connectivity index (χ2n) is 3.41. The summed E-state index contributed by atoms with van der Waals surface area (Å²) in [5.74, 6) is 0. The minimum atomic E-state index is -0.0684. The summed E-state index contributed by atoms with van der Waals surface area (Å²) in [5.41, 5.74) is 12.6. The summed E-state index contributed by atoms with van der Waals surface area (Å²) in [6.45, 7) is 0.480. The van der Waals surface area contributed by atoms with E-state index in [4.69, 9.17) is 11.5 Å². The number of rotatable bonds is 2. The Hall–Kier alpha value is -0.800. The monoisotopic (exact) mass is 258 g/mol. The molecule has 0 aromatic heterocycles. The van der Waals surface area contributed by atoms with E-state index in [0.29, 0.717) is 6.54 Å². The van der Waals surface area contributed by atoms with Crippen molar-refractivity contribution in [1.82, 2.24) is 0 Å². The van der Waals surface area contributed by atoms with Gasteiger partial charge in [0.15, 0.2) is 0 Å². The molecule has 0 saturated carbocycles. The summed E-state index contributed by atoms with van der Waals surface area (Å²) in [6.07, 6.45) is 0. The van der Waals surface area contributed by atoms with Crippen LogP contribution in [0.2, 0.25) is 0 Å².